The highest BCUT2D eigenvalue weighted by Gasteiger charge is 2.44. The molecule has 0 aromatic carbocycles. The van der Waals surface area contributed by atoms with E-state index in [4.69, 9.17) is 15.6 Å². The van der Waals surface area contributed by atoms with E-state index in [1.807, 2.05) is 0 Å². The van der Waals surface area contributed by atoms with Crippen LogP contribution in [-0.2, 0) is 9.53 Å². The van der Waals surface area contributed by atoms with Gasteiger partial charge in [0.05, 0.1) is 12.2 Å². The minimum absolute atomic E-state index is 0.0998. The lowest BCUT2D eigenvalue weighted by molar-refractivity contribution is -0.138. The van der Waals surface area contributed by atoms with Crippen molar-refractivity contribution >= 4 is 5.97 Å². The fourth-order valence-electron chi connectivity index (χ4n) is 2.81. The van der Waals surface area contributed by atoms with Crippen LogP contribution in [-0.4, -0.2) is 29.8 Å². The molecule has 4 atom stereocenters. The van der Waals surface area contributed by atoms with E-state index in [0.29, 0.717) is 18.6 Å². The minimum Gasteiger partial charge on any atom is -0.481 e. The number of aliphatic carboxylic acids is 1. The van der Waals surface area contributed by atoms with Crippen molar-refractivity contribution in [2.75, 3.05) is 6.54 Å². The average molecular weight is 199 g/mol. The summed E-state index contributed by atoms with van der Waals surface area (Å²) in [6.07, 6.45) is 4.10. The second-order valence-electron chi connectivity index (χ2n) is 4.37. The molecule has 0 amide bonds. The van der Waals surface area contributed by atoms with E-state index in [0.717, 1.165) is 19.3 Å². The highest BCUT2D eigenvalue weighted by atomic mass is 16.5. The third-order valence-electron chi connectivity index (χ3n) is 3.50. The summed E-state index contributed by atoms with van der Waals surface area (Å²) in [6, 6.07) is 0. The van der Waals surface area contributed by atoms with Crippen molar-refractivity contribution in [1.29, 1.82) is 0 Å². The van der Waals surface area contributed by atoms with Gasteiger partial charge in [-0.25, -0.2) is 0 Å². The first-order chi connectivity index (χ1) is 6.70. The zero-order chi connectivity index (χ0) is 10.1. The molecule has 0 aromatic heterocycles. The van der Waals surface area contributed by atoms with Crippen molar-refractivity contribution in [3.8, 4) is 0 Å². The van der Waals surface area contributed by atoms with E-state index in [1.165, 1.54) is 0 Å². The van der Waals surface area contributed by atoms with Crippen LogP contribution in [0.4, 0.5) is 0 Å². The van der Waals surface area contributed by atoms with Crippen LogP contribution >= 0.6 is 0 Å². The number of nitrogens with two attached hydrogens (primary N) is 1. The second-order valence-corrected chi connectivity index (χ2v) is 4.37. The van der Waals surface area contributed by atoms with Gasteiger partial charge in [-0.3, -0.25) is 4.79 Å². The van der Waals surface area contributed by atoms with Crippen LogP contribution in [0.1, 0.15) is 25.7 Å². The molecular formula is C10H17NO3. The van der Waals surface area contributed by atoms with E-state index in [-0.39, 0.29) is 18.4 Å². The molecule has 0 aliphatic carbocycles. The van der Waals surface area contributed by atoms with Crippen molar-refractivity contribution in [3.63, 3.8) is 0 Å². The quantitative estimate of drug-likeness (QED) is 0.695. The van der Waals surface area contributed by atoms with E-state index in [9.17, 15) is 4.79 Å². The van der Waals surface area contributed by atoms with Gasteiger partial charge in [0, 0.05) is 6.42 Å². The average Bonchev–Trinajstić information content (AvgIpc) is 2.74. The highest BCUT2D eigenvalue weighted by molar-refractivity contribution is 5.67. The summed E-state index contributed by atoms with van der Waals surface area (Å²) in [5.74, 6) is -0.263. The van der Waals surface area contributed by atoms with E-state index in [2.05, 4.69) is 0 Å². The zero-order valence-corrected chi connectivity index (χ0v) is 8.19. The zero-order valence-electron chi connectivity index (χ0n) is 8.19. The van der Waals surface area contributed by atoms with Crippen LogP contribution < -0.4 is 5.73 Å². The SMILES string of the molecule is NCC(CC(=O)O)C1CC2CCC1O2. The smallest absolute Gasteiger partial charge is 0.303 e. The Morgan fingerprint density at radius 2 is 2.36 bits per heavy atom. The number of ether oxygens (including phenoxy) is 1. The Kier molecular flexibility index (Phi) is 2.74. The number of rotatable bonds is 4. The molecule has 14 heavy (non-hydrogen) atoms. The van der Waals surface area contributed by atoms with E-state index >= 15 is 0 Å². The second kappa shape index (κ2) is 3.87. The molecule has 0 spiro atoms. The van der Waals surface area contributed by atoms with Gasteiger partial charge in [-0.15, -0.1) is 0 Å². The lowest BCUT2D eigenvalue weighted by Crippen LogP contribution is -2.32. The van der Waals surface area contributed by atoms with Crippen molar-refractivity contribution in [2.45, 2.75) is 37.9 Å². The van der Waals surface area contributed by atoms with E-state index < -0.39 is 5.97 Å². The summed E-state index contributed by atoms with van der Waals surface area (Å²) < 4.78 is 5.70. The molecule has 2 rings (SSSR count). The molecule has 2 aliphatic heterocycles. The molecule has 2 fully saturated rings. The molecule has 80 valence electrons. The summed E-state index contributed by atoms with van der Waals surface area (Å²) in [7, 11) is 0. The summed E-state index contributed by atoms with van der Waals surface area (Å²) in [5, 5.41) is 8.75. The first-order valence-electron chi connectivity index (χ1n) is 5.28. The fraction of sp³-hybridized carbons (Fsp3) is 0.900. The normalized spacial score (nSPS) is 37.4. The molecule has 2 aliphatic rings. The number of carboxylic acid groups (broad SMARTS) is 1. The topological polar surface area (TPSA) is 72.6 Å². The van der Waals surface area contributed by atoms with Gasteiger partial charge in [-0.2, -0.15) is 0 Å². The van der Waals surface area contributed by atoms with Crippen LogP contribution in [0.3, 0.4) is 0 Å². The summed E-state index contributed by atoms with van der Waals surface area (Å²) in [4.78, 5) is 10.6. The van der Waals surface area contributed by atoms with Crippen molar-refractivity contribution < 1.29 is 14.6 Å². The Morgan fingerprint density at radius 3 is 2.79 bits per heavy atom. The molecule has 0 aromatic rings. The molecule has 2 saturated heterocycles. The van der Waals surface area contributed by atoms with Gasteiger partial charge in [-0.1, -0.05) is 0 Å². The van der Waals surface area contributed by atoms with Gasteiger partial charge < -0.3 is 15.6 Å². The number of hydrogen-bond donors (Lipinski definition) is 2. The van der Waals surface area contributed by atoms with Crippen molar-refractivity contribution in [1.82, 2.24) is 0 Å². The molecule has 4 nitrogen and oxygen atoms in total. The molecular weight excluding hydrogens is 182 g/mol. The third-order valence-corrected chi connectivity index (χ3v) is 3.50. The Bertz CT molecular complexity index is 231. The fourth-order valence-corrected chi connectivity index (χ4v) is 2.81. The molecule has 4 heteroatoms. The molecule has 2 heterocycles. The minimum atomic E-state index is -0.747. The lowest BCUT2D eigenvalue weighted by atomic mass is 9.78. The summed E-state index contributed by atoms with van der Waals surface area (Å²) in [5.41, 5.74) is 5.61. The first-order valence-corrected chi connectivity index (χ1v) is 5.28. The number of hydrogen-bond acceptors (Lipinski definition) is 3. The summed E-state index contributed by atoms with van der Waals surface area (Å²) in [6.45, 7) is 0.462. The van der Waals surface area contributed by atoms with Crippen LogP contribution in [0.5, 0.6) is 0 Å². The summed E-state index contributed by atoms with van der Waals surface area (Å²) >= 11 is 0. The number of fused-ring (bicyclic) bond motifs is 2. The van der Waals surface area contributed by atoms with Crippen LogP contribution in [0, 0.1) is 11.8 Å². The van der Waals surface area contributed by atoms with Gasteiger partial charge in [-0.05, 0) is 37.6 Å². The van der Waals surface area contributed by atoms with Gasteiger partial charge in [0.1, 0.15) is 0 Å². The lowest BCUT2D eigenvalue weighted by Gasteiger charge is -2.26. The van der Waals surface area contributed by atoms with Gasteiger partial charge in [0.15, 0.2) is 0 Å². The third kappa shape index (κ3) is 1.77. The molecule has 0 saturated carbocycles. The monoisotopic (exact) mass is 199 g/mol. The van der Waals surface area contributed by atoms with Gasteiger partial charge in [0.25, 0.3) is 0 Å². The Morgan fingerprint density at radius 1 is 1.57 bits per heavy atom. The predicted molar refractivity (Wildman–Crippen MR) is 50.8 cm³/mol. The molecule has 2 bridgehead atoms. The van der Waals surface area contributed by atoms with Gasteiger partial charge in [0.2, 0.25) is 0 Å². The molecule has 4 unspecified atom stereocenters. The maximum Gasteiger partial charge on any atom is 0.303 e. The molecule has 0 radical (unpaired) electrons. The molecule has 3 N–H and O–H groups in total. The van der Waals surface area contributed by atoms with E-state index in [1.54, 1.807) is 0 Å². The van der Waals surface area contributed by atoms with Crippen molar-refractivity contribution in [2.24, 2.45) is 17.6 Å². The van der Waals surface area contributed by atoms with Crippen LogP contribution in [0.25, 0.3) is 0 Å². The largest absolute Gasteiger partial charge is 0.481 e. The Hall–Kier alpha value is -0.610. The maximum absolute atomic E-state index is 10.6. The Balaban J connectivity index is 1.95. The highest BCUT2D eigenvalue weighted by Crippen LogP contribution is 2.42. The first kappa shape index (κ1) is 9.93. The Labute approximate surface area is 83.4 Å². The number of carboxylic acids is 1. The van der Waals surface area contributed by atoms with Gasteiger partial charge >= 0.3 is 5.97 Å². The standard InChI is InChI=1S/C10H17NO3/c11-5-6(3-10(12)13)8-4-7-1-2-9(8)14-7/h6-9H,1-5,11H2,(H,12,13). The number of carbonyl (C=O) groups is 1. The maximum atomic E-state index is 10.6. The predicted octanol–water partition coefficient (Wildman–Crippen LogP) is 0.603. The van der Waals surface area contributed by atoms with Crippen molar-refractivity contribution in [3.05, 3.63) is 0 Å². The van der Waals surface area contributed by atoms with Crippen LogP contribution in [0.2, 0.25) is 0 Å². The van der Waals surface area contributed by atoms with Crippen LogP contribution in [0.15, 0.2) is 0 Å².